The molecule has 3 rings (SSSR count). The highest BCUT2D eigenvalue weighted by Crippen LogP contribution is 2.34. The Morgan fingerprint density at radius 1 is 1.29 bits per heavy atom. The van der Waals surface area contributed by atoms with Crippen molar-refractivity contribution in [2.24, 2.45) is 5.92 Å². The number of rotatable bonds is 4. The van der Waals surface area contributed by atoms with Gasteiger partial charge >= 0.3 is 0 Å². The second-order valence-corrected chi connectivity index (χ2v) is 6.65. The van der Waals surface area contributed by atoms with Crippen LogP contribution < -0.4 is 11.1 Å². The first-order valence-corrected chi connectivity index (χ1v) is 8.16. The number of Topliss-reactive ketones (excluding diaryl/α,β-unsaturated/α-hetero) is 1. The summed E-state index contributed by atoms with van der Waals surface area (Å²) in [7, 11) is 0. The topological polar surface area (TPSA) is 68.0 Å². The van der Waals surface area contributed by atoms with Crippen LogP contribution in [0.4, 0.5) is 16.6 Å². The van der Waals surface area contributed by atoms with E-state index in [2.05, 4.69) is 10.3 Å². The van der Waals surface area contributed by atoms with Crippen LogP contribution in [-0.4, -0.2) is 10.8 Å². The third-order valence-corrected chi connectivity index (χ3v) is 4.95. The first kappa shape index (κ1) is 14.4. The Morgan fingerprint density at radius 2 is 1.95 bits per heavy atom. The van der Waals surface area contributed by atoms with Gasteiger partial charge in [-0.15, -0.1) is 0 Å². The number of anilines is 3. The number of hydrogen-bond acceptors (Lipinski definition) is 5. The minimum absolute atomic E-state index is 0.121. The molecule has 21 heavy (non-hydrogen) atoms. The molecule has 1 aromatic carbocycles. The summed E-state index contributed by atoms with van der Waals surface area (Å²) < 4.78 is 0. The van der Waals surface area contributed by atoms with Gasteiger partial charge in [0.15, 0.2) is 10.9 Å². The molecule has 0 amide bonds. The molecule has 1 saturated carbocycles. The van der Waals surface area contributed by atoms with Crippen LogP contribution in [0.1, 0.15) is 35.4 Å². The zero-order valence-electron chi connectivity index (χ0n) is 11.4. The van der Waals surface area contributed by atoms with Crippen LogP contribution in [0.2, 0.25) is 5.02 Å². The predicted octanol–water partition coefficient (Wildman–Crippen LogP) is 4.50. The number of carbonyl (C=O) groups is 1. The molecule has 0 spiro atoms. The Bertz CT molecular complexity index is 647. The number of aromatic nitrogens is 1. The van der Waals surface area contributed by atoms with Gasteiger partial charge in [-0.2, -0.15) is 0 Å². The van der Waals surface area contributed by atoms with Gasteiger partial charge in [0.25, 0.3) is 0 Å². The van der Waals surface area contributed by atoms with Crippen molar-refractivity contribution in [1.29, 1.82) is 0 Å². The number of halogens is 1. The lowest BCUT2D eigenvalue weighted by Gasteiger charge is -2.05. The van der Waals surface area contributed by atoms with E-state index >= 15 is 0 Å². The molecule has 0 radical (unpaired) electrons. The summed E-state index contributed by atoms with van der Waals surface area (Å²) in [5.74, 6) is 0.594. The summed E-state index contributed by atoms with van der Waals surface area (Å²) in [5.41, 5.74) is 6.77. The van der Waals surface area contributed by atoms with E-state index in [1.54, 1.807) is 12.1 Å². The van der Waals surface area contributed by atoms with Crippen LogP contribution in [0, 0.1) is 5.92 Å². The van der Waals surface area contributed by atoms with Crippen LogP contribution in [0.25, 0.3) is 0 Å². The van der Waals surface area contributed by atoms with Crippen molar-refractivity contribution in [3.05, 3.63) is 34.2 Å². The highest BCUT2D eigenvalue weighted by atomic mass is 35.5. The van der Waals surface area contributed by atoms with Crippen molar-refractivity contribution in [3.8, 4) is 0 Å². The van der Waals surface area contributed by atoms with Gasteiger partial charge in [-0.3, -0.25) is 4.79 Å². The average molecular weight is 322 g/mol. The van der Waals surface area contributed by atoms with Crippen LogP contribution in [-0.2, 0) is 0 Å². The van der Waals surface area contributed by atoms with Crippen molar-refractivity contribution >= 4 is 45.4 Å². The van der Waals surface area contributed by atoms with Crippen molar-refractivity contribution < 1.29 is 4.79 Å². The number of thiazole rings is 1. The van der Waals surface area contributed by atoms with E-state index in [0.717, 1.165) is 31.4 Å². The lowest BCUT2D eigenvalue weighted by Crippen LogP contribution is -2.11. The number of hydrogen-bond donors (Lipinski definition) is 2. The minimum atomic E-state index is 0.121. The fourth-order valence-corrected chi connectivity index (χ4v) is 3.64. The number of ketones is 1. The Labute approximate surface area is 132 Å². The zero-order chi connectivity index (χ0) is 14.8. The summed E-state index contributed by atoms with van der Waals surface area (Å²) in [5, 5.41) is 4.47. The third-order valence-electron chi connectivity index (χ3n) is 3.70. The monoisotopic (exact) mass is 321 g/mol. The fourth-order valence-electron chi connectivity index (χ4n) is 2.59. The Balaban J connectivity index is 1.77. The molecule has 0 bridgehead atoms. The third kappa shape index (κ3) is 3.19. The molecule has 1 aliphatic carbocycles. The SMILES string of the molecule is Nc1nc(Nc2ccc(Cl)cc2)sc1C(=O)C1CCCC1. The molecular weight excluding hydrogens is 306 g/mol. The first-order chi connectivity index (χ1) is 10.1. The predicted molar refractivity (Wildman–Crippen MR) is 87.5 cm³/mol. The molecule has 2 aromatic rings. The molecule has 0 saturated heterocycles. The lowest BCUT2D eigenvalue weighted by atomic mass is 10.0. The van der Waals surface area contributed by atoms with E-state index in [9.17, 15) is 4.79 Å². The summed E-state index contributed by atoms with van der Waals surface area (Å²) in [6.07, 6.45) is 4.20. The largest absolute Gasteiger partial charge is 0.382 e. The Hall–Kier alpha value is -1.59. The molecule has 1 aliphatic rings. The minimum Gasteiger partial charge on any atom is -0.382 e. The molecule has 0 atom stereocenters. The molecule has 110 valence electrons. The van der Waals surface area contributed by atoms with Crippen LogP contribution in [0.5, 0.6) is 0 Å². The summed E-state index contributed by atoms with van der Waals surface area (Å²) in [4.78, 5) is 17.3. The van der Waals surface area contributed by atoms with Crippen molar-refractivity contribution in [2.75, 3.05) is 11.1 Å². The Morgan fingerprint density at radius 3 is 2.62 bits per heavy atom. The van der Waals surface area contributed by atoms with Gasteiger partial charge in [-0.05, 0) is 37.1 Å². The van der Waals surface area contributed by atoms with Crippen molar-refractivity contribution in [1.82, 2.24) is 4.98 Å². The van der Waals surface area contributed by atoms with Crippen LogP contribution >= 0.6 is 22.9 Å². The molecule has 0 aliphatic heterocycles. The summed E-state index contributed by atoms with van der Waals surface area (Å²) in [6, 6.07) is 7.31. The van der Waals surface area contributed by atoms with E-state index in [1.165, 1.54) is 11.3 Å². The van der Waals surface area contributed by atoms with E-state index < -0.39 is 0 Å². The maximum absolute atomic E-state index is 12.4. The highest BCUT2D eigenvalue weighted by molar-refractivity contribution is 7.18. The van der Waals surface area contributed by atoms with Gasteiger partial charge in [0, 0.05) is 16.6 Å². The number of nitrogens with one attached hydrogen (secondary N) is 1. The van der Waals surface area contributed by atoms with Gasteiger partial charge in [-0.25, -0.2) is 4.98 Å². The first-order valence-electron chi connectivity index (χ1n) is 6.96. The normalized spacial score (nSPS) is 15.3. The molecule has 1 fully saturated rings. The Kier molecular flexibility index (Phi) is 4.12. The van der Waals surface area contributed by atoms with Crippen molar-refractivity contribution in [3.63, 3.8) is 0 Å². The van der Waals surface area contributed by atoms with E-state index in [4.69, 9.17) is 17.3 Å². The molecule has 6 heteroatoms. The zero-order valence-corrected chi connectivity index (χ0v) is 13.0. The van der Waals surface area contributed by atoms with Crippen LogP contribution in [0.15, 0.2) is 24.3 Å². The van der Waals surface area contributed by atoms with Gasteiger partial charge < -0.3 is 11.1 Å². The number of carbonyl (C=O) groups excluding carboxylic acids is 1. The van der Waals surface area contributed by atoms with Gasteiger partial charge in [0.1, 0.15) is 10.7 Å². The molecule has 3 N–H and O–H groups in total. The average Bonchev–Trinajstić information content (AvgIpc) is 3.10. The van der Waals surface area contributed by atoms with Gasteiger partial charge in [0.05, 0.1) is 0 Å². The molecule has 1 heterocycles. The molecule has 0 unspecified atom stereocenters. The van der Waals surface area contributed by atoms with Gasteiger partial charge in [0.2, 0.25) is 0 Å². The van der Waals surface area contributed by atoms with Crippen molar-refractivity contribution in [2.45, 2.75) is 25.7 Å². The highest BCUT2D eigenvalue weighted by Gasteiger charge is 2.27. The molecule has 4 nitrogen and oxygen atoms in total. The smallest absolute Gasteiger partial charge is 0.189 e. The maximum Gasteiger partial charge on any atom is 0.189 e. The number of nitrogen functional groups attached to an aromatic ring is 1. The maximum atomic E-state index is 12.4. The summed E-state index contributed by atoms with van der Waals surface area (Å²) in [6.45, 7) is 0. The molecule has 1 aromatic heterocycles. The number of nitrogens with two attached hydrogens (primary N) is 1. The standard InChI is InChI=1S/C15H16ClN3OS/c16-10-5-7-11(8-6-10)18-15-19-14(17)13(21-15)12(20)9-3-1-2-4-9/h5-9H,1-4,17H2,(H,18,19). The second kappa shape index (κ2) is 6.03. The summed E-state index contributed by atoms with van der Waals surface area (Å²) >= 11 is 7.18. The van der Waals surface area contributed by atoms with Crippen LogP contribution in [0.3, 0.4) is 0 Å². The second-order valence-electron chi connectivity index (χ2n) is 5.21. The van der Waals surface area contributed by atoms with E-state index in [-0.39, 0.29) is 11.7 Å². The quantitative estimate of drug-likeness (QED) is 0.814. The van der Waals surface area contributed by atoms with E-state index in [1.807, 2.05) is 12.1 Å². The number of benzene rings is 1. The lowest BCUT2D eigenvalue weighted by molar-refractivity contribution is 0.0927. The van der Waals surface area contributed by atoms with Gasteiger partial charge in [-0.1, -0.05) is 35.8 Å². The number of nitrogens with zero attached hydrogens (tertiary/aromatic N) is 1. The fraction of sp³-hybridized carbons (Fsp3) is 0.333. The molecular formula is C15H16ClN3OS. The van der Waals surface area contributed by atoms with E-state index in [0.29, 0.717) is 20.8 Å².